The first-order valence-corrected chi connectivity index (χ1v) is 9.06. The van der Waals surface area contributed by atoms with Crippen molar-refractivity contribution in [2.75, 3.05) is 20.2 Å². The van der Waals surface area contributed by atoms with Gasteiger partial charge in [0.2, 0.25) is 0 Å². The number of aliphatic hydroxyl groups is 1. The van der Waals surface area contributed by atoms with E-state index in [1.807, 2.05) is 24.3 Å². The maximum absolute atomic E-state index is 11.2. The minimum atomic E-state index is -0.469. The van der Waals surface area contributed by atoms with Gasteiger partial charge in [0.1, 0.15) is 5.75 Å². The highest BCUT2D eigenvalue weighted by Crippen LogP contribution is 2.42. The number of hydrogen-bond acceptors (Lipinski definition) is 4. The summed E-state index contributed by atoms with van der Waals surface area (Å²) in [5.74, 6) is 2.37. The summed E-state index contributed by atoms with van der Waals surface area (Å²) in [5.41, 5.74) is 1.89. The van der Waals surface area contributed by atoms with Crippen LogP contribution in [0.2, 0.25) is 0 Å². The Labute approximate surface area is 143 Å². The van der Waals surface area contributed by atoms with Crippen molar-refractivity contribution < 1.29 is 9.84 Å². The first-order chi connectivity index (χ1) is 11.7. The largest absolute Gasteiger partial charge is 0.497 e. The van der Waals surface area contributed by atoms with Crippen LogP contribution in [0.5, 0.6) is 5.75 Å². The quantitative estimate of drug-likeness (QED) is 0.935. The highest BCUT2D eigenvalue weighted by Gasteiger charge is 2.42. The van der Waals surface area contributed by atoms with Gasteiger partial charge in [-0.25, -0.2) is 0 Å². The van der Waals surface area contributed by atoms with E-state index in [2.05, 4.69) is 16.8 Å². The lowest BCUT2D eigenvalue weighted by Crippen LogP contribution is -2.55. The second kappa shape index (κ2) is 6.34. The molecule has 0 radical (unpaired) electrons. The Balaban J connectivity index is 1.68. The van der Waals surface area contributed by atoms with Gasteiger partial charge in [0.25, 0.3) is 0 Å². The summed E-state index contributed by atoms with van der Waals surface area (Å²) in [6.45, 7) is 4.55. The highest BCUT2D eigenvalue weighted by atomic mass is 16.5. The summed E-state index contributed by atoms with van der Waals surface area (Å²) in [7, 11) is 1.67. The van der Waals surface area contributed by atoms with Gasteiger partial charge in [0, 0.05) is 24.2 Å². The van der Waals surface area contributed by atoms with Crippen LogP contribution in [0.25, 0.3) is 10.9 Å². The monoisotopic (exact) mass is 326 g/mol. The zero-order valence-corrected chi connectivity index (χ0v) is 14.5. The molecule has 3 saturated heterocycles. The predicted octanol–water partition coefficient (Wildman–Crippen LogP) is 3.40. The molecule has 0 spiro atoms. The fourth-order valence-electron chi connectivity index (χ4n) is 4.71. The van der Waals surface area contributed by atoms with E-state index in [9.17, 15) is 5.11 Å². The number of ether oxygens (including phenoxy) is 1. The summed E-state index contributed by atoms with van der Waals surface area (Å²) in [5, 5.41) is 12.2. The minimum Gasteiger partial charge on any atom is -0.497 e. The first kappa shape index (κ1) is 15.9. The fourth-order valence-corrected chi connectivity index (χ4v) is 4.71. The molecule has 4 heteroatoms. The SMILES string of the molecule is CCC1CN2CC[C@@H]1CC2[C@@H](O)c1ccnc2ccc(OC)cc12. The maximum atomic E-state index is 11.2. The predicted molar refractivity (Wildman–Crippen MR) is 95.1 cm³/mol. The Hall–Kier alpha value is -1.65. The normalized spacial score (nSPS) is 30.5. The molecular weight excluding hydrogens is 300 g/mol. The highest BCUT2D eigenvalue weighted by molar-refractivity contribution is 5.83. The molecule has 0 amide bonds. The van der Waals surface area contributed by atoms with E-state index in [-0.39, 0.29) is 6.04 Å². The number of piperidine rings is 3. The van der Waals surface area contributed by atoms with Gasteiger partial charge in [-0.1, -0.05) is 13.3 Å². The van der Waals surface area contributed by atoms with E-state index < -0.39 is 6.10 Å². The van der Waals surface area contributed by atoms with Crippen LogP contribution < -0.4 is 4.74 Å². The molecular formula is C20H26N2O2. The van der Waals surface area contributed by atoms with Gasteiger partial charge in [0.05, 0.1) is 18.7 Å². The van der Waals surface area contributed by atoms with Crippen molar-refractivity contribution in [2.45, 2.75) is 38.3 Å². The summed E-state index contributed by atoms with van der Waals surface area (Å²) >= 11 is 0. The molecule has 5 atom stereocenters. The first-order valence-electron chi connectivity index (χ1n) is 9.06. The van der Waals surface area contributed by atoms with Crippen molar-refractivity contribution in [3.8, 4) is 5.75 Å². The Morgan fingerprint density at radius 2 is 2.25 bits per heavy atom. The third-order valence-corrected chi connectivity index (χ3v) is 6.13. The number of aliphatic hydroxyl groups excluding tert-OH is 1. The lowest BCUT2D eigenvalue weighted by atomic mass is 9.72. The van der Waals surface area contributed by atoms with Gasteiger partial charge in [-0.15, -0.1) is 0 Å². The van der Waals surface area contributed by atoms with Gasteiger partial charge in [-0.05, 0) is 61.1 Å². The molecule has 3 unspecified atom stereocenters. The topological polar surface area (TPSA) is 45.6 Å². The van der Waals surface area contributed by atoms with E-state index in [0.29, 0.717) is 0 Å². The van der Waals surface area contributed by atoms with Crippen LogP contribution in [-0.4, -0.2) is 41.2 Å². The Morgan fingerprint density at radius 3 is 2.96 bits per heavy atom. The van der Waals surface area contributed by atoms with Gasteiger partial charge < -0.3 is 9.84 Å². The zero-order chi connectivity index (χ0) is 16.7. The number of nitrogens with zero attached hydrogens (tertiary/aromatic N) is 2. The van der Waals surface area contributed by atoms with Gasteiger partial charge >= 0.3 is 0 Å². The molecule has 3 aliphatic rings. The molecule has 3 aliphatic heterocycles. The number of aromatic nitrogens is 1. The second-order valence-corrected chi connectivity index (χ2v) is 7.24. The molecule has 1 aromatic carbocycles. The Bertz CT molecular complexity index is 733. The molecule has 1 N–H and O–H groups in total. The molecule has 0 aliphatic carbocycles. The smallest absolute Gasteiger partial charge is 0.119 e. The number of methoxy groups -OCH3 is 1. The number of hydrogen-bond donors (Lipinski definition) is 1. The van der Waals surface area contributed by atoms with Crippen molar-refractivity contribution in [1.82, 2.24) is 9.88 Å². The number of benzene rings is 1. The van der Waals surface area contributed by atoms with Crippen molar-refractivity contribution >= 4 is 10.9 Å². The summed E-state index contributed by atoms with van der Waals surface area (Å²) < 4.78 is 5.36. The Kier molecular flexibility index (Phi) is 4.19. The number of rotatable bonds is 4. The van der Waals surface area contributed by atoms with Crippen molar-refractivity contribution in [1.29, 1.82) is 0 Å². The zero-order valence-electron chi connectivity index (χ0n) is 14.5. The third kappa shape index (κ3) is 2.58. The van der Waals surface area contributed by atoms with E-state index in [4.69, 9.17) is 4.74 Å². The fraction of sp³-hybridized carbons (Fsp3) is 0.550. The van der Waals surface area contributed by atoms with Crippen molar-refractivity contribution in [3.05, 3.63) is 36.0 Å². The van der Waals surface area contributed by atoms with Crippen LogP contribution in [0.1, 0.15) is 37.9 Å². The number of fused-ring (bicyclic) bond motifs is 4. The van der Waals surface area contributed by atoms with Crippen LogP contribution in [0.4, 0.5) is 0 Å². The standard InChI is InChI=1S/C20H26N2O2/c1-3-13-12-22-9-7-14(13)10-19(22)20(23)16-6-8-21-18-5-4-15(24-2)11-17(16)18/h4-6,8,11,13-14,19-20,23H,3,7,9-10,12H2,1-2H3/t13?,14-,19?,20+/m1/s1. The number of pyridine rings is 1. The second-order valence-electron chi connectivity index (χ2n) is 7.24. The minimum absolute atomic E-state index is 0.225. The van der Waals surface area contributed by atoms with Gasteiger partial charge in [0.15, 0.2) is 0 Å². The van der Waals surface area contributed by atoms with E-state index >= 15 is 0 Å². The lowest BCUT2D eigenvalue weighted by Gasteiger charge is -2.51. The summed E-state index contributed by atoms with van der Waals surface area (Å²) in [4.78, 5) is 6.94. The van der Waals surface area contributed by atoms with Crippen LogP contribution >= 0.6 is 0 Å². The van der Waals surface area contributed by atoms with Crippen LogP contribution in [0.3, 0.4) is 0 Å². The molecule has 4 heterocycles. The average Bonchev–Trinajstić information content (AvgIpc) is 2.66. The molecule has 5 rings (SSSR count). The lowest BCUT2D eigenvalue weighted by molar-refractivity contribution is -0.0562. The molecule has 24 heavy (non-hydrogen) atoms. The molecule has 2 aromatic rings. The molecule has 4 nitrogen and oxygen atoms in total. The van der Waals surface area contributed by atoms with Gasteiger partial charge in [-0.2, -0.15) is 0 Å². The maximum Gasteiger partial charge on any atom is 0.119 e. The molecule has 128 valence electrons. The summed E-state index contributed by atoms with van der Waals surface area (Å²) in [6.07, 6.45) is 4.97. The third-order valence-electron chi connectivity index (χ3n) is 6.13. The summed E-state index contributed by atoms with van der Waals surface area (Å²) in [6, 6.07) is 8.07. The van der Waals surface area contributed by atoms with E-state index in [1.54, 1.807) is 13.3 Å². The van der Waals surface area contributed by atoms with Crippen molar-refractivity contribution in [2.24, 2.45) is 11.8 Å². The van der Waals surface area contributed by atoms with Crippen molar-refractivity contribution in [3.63, 3.8) is 0 Å². The van der Waals surface area contributed by atoms with E-state index in [0.717, 1.165) is 53.6 Å². The van der Waals surface area contributed by atoms with Crippen LogP contribution in [0, 0.1) is 11.8 Å². The van der Waals surface area contributed by atoms with Gasteiger partial charge in [-0.3, -0.25) is 9.88 Å². The molecule has 0 saturated carbocycles. The van der Waals surface area contributed by atoms with Crippen LogP contribution in [-0.2, 0) is 0 Å². The van der Waals surface area contributed by atoms with Crippen LogP contribution in [0.15, 0.2) is 30.5 Å². The molecule has 1 aromatic heterocycles. The molecule has 2 bridgehead atoms. The Morgan fingerprint density at radius 1 is 1.38 bits per heavy atom. The van der Waals surface area contributed by atoms with E-state index in [1.165, 1.54) is 12.8 Å². The molecule has 3 fully saturated rings. The average molecular weight is 326 g/mol.